The van der Waals surface area contributed by atoms with E-state index in [0.717, 1.165) is 24.9 Å². The van der Waals surface area contributed by atoms with Gasteiger partial charge in [-0.05, 0) is 19.5 Å². The van der Waals surface area contributed by atoms with Crippen molar-refractivity contribution in [2.45, 2.75) is 52.2 Å². The fourth-order valence-corrected chi connectivity index (χ4v) is 2.21. The molecule has 0 aliphatic rings. The molecular formula is C16H27FN2. The minimum Gasteiger partial charge on any atom is -0.313 e. The second-order valence-corrected chi connectivity index (χ2v) is 5.51. The summed E-state index contributed by atoms with van der Waals surface area (Å²) in [6, 6.07) is 7.97. The van der Waals surface area contributed by atoms with Crippen molar-refractivity contribution in [2.24, 2.45) is 0 Å². The lowest BCUT2D eigenvalue weighted by molar-refractivity contribution is 0.209. The van der Waals surface area contributed by atoms with E-state index in [1.165, 1.54) is 6.07 Å². The van der Waals surface area contributed by atoms with Gasteiger partial charge in [0.15, 0.2) is 0 Å². The lowest BCUT2D eigenvalue weighted by Crippen LogP contribution is -2.41. The summed E-state index contributed by atoms with van der Waals surface area (Å²) in [7, 11) is 2.08. The van der Waals surface area contributed by atoms with Gasteiger partial charge in [0.05, 0.1) is 0 Å². The maximum Gasteiger partial charge on any atom is 0.127 e. The van der Waals surface area contributed by atoms with Crippen molar-refractivity contribution in [1.82, 2.24) is 10.2 Å². The SMILES string of the molecule is CCCC(CNC(C)C)N(C)Cc1ccccc1F. The van der Waals surface area contributed by atoms with Crippen LogP contribution in [-0.2, 0) is 6.54 Å². The van der Waals surface area contributed by atoms with Crippen LogP contribution in [0.15, 0.2) is 24.3 Å². The summed E-state index contributed by atoms with van der Waals surface area (Å²) >= 11 is 0. The van der Waals surface area contributed by atoms with E-state index < -0.39 is 0 Å². The van der Waals surface area contributed by atoms with Crippen molar-refractivity contribution in [2.75, 3.05) is 13.6 Å². The molecule has 0 spiro atoms. The Morgan fingerprint density at radius 3 is 2.53 bits per heavy atom. The van der Waals surface area contributed by atoms with Gasteiger partial charge in [-0.1, -0.05) is 45.4 Å². The Morgan fingerprint density at radius 1 is 1.26 bits per heavy atom. The molecule has 1 atom stereocenters. The third kappa shape index (κ3) is 5.70. The Labute approximate surface area is 117 Å². The van der Waals surface area contributed by atoms with Gasteiger partial charge in [-0.3, -0.25) is 4.90 Å². The van der Waals surface area contributed by atoms with Gasteiger partial charge in [0, 0.05) is 30.7 Å². The quantitative estimate of drug-likeness (QED) is 0.775. The van der Waals surface area contributed by atoms with E-state index in [1.807, 2.05) is 12.1 Å². The highest BCUT2D eigenvalue weighted by Gasteiger charge is 2.15. The predicted octanol–water partition coefficient (Wildman–Crippen LogP) is 3.42. The monoisotopic (exact) mass is 266 g/mol. The van der Waals surface area contributed by atoms with Crippen LogP contribution in [0.3, 0.4) is 0 Å². The lowest BCUT2D eigenvalue weighted by atomic mass is 10.1. The van der Waals surface area contributed by atoms with Crippen molar-refractivity contribution in [3.63, 3.8) is 0 Å². The molecule has 0 amide bonds. The number of halogens is 1. The molecule has 108 valence electrons. The van der Waals surface area contributed by atoms with Crippen LogP contribution < -0.4 is 5.32 Å². The van der Waals surface area contributed by atoms with Gasteiger partial charge in [-0.2, -0.15) is 0 Å². The summed E-state index contributed by atoms with van der Waals surface area (Å²) in [5.74, 6) is -0.110. The molecule has 1 N–H and O–H groups in total. The largest absolute Gasteiger partial charge is 0.313 e. The zero-order valence-electron chi connectivity index (χ0n) is 12.6. The second-order valence-electron chi connectivity index (χ2n) is 5.51. The number of benzene rings is 1. The van der Waals surface area contributed by atoms with E-state index >= 15 is 0 Å². The van der Waals surface area contributed by atoms with E-state index in [0.29, 0.717) is 18.6 Å². The first-order valence-electron chi connectivity index (χ1n) is 7.21. The predicted molar refractivity (Wildman–Crippen MR) is 79.7 cm³/mol. The molecule has 0 aliphatic carbocycles. The van der Waals surface area contributed by atoms with Crippen LogP contribution in [0.2, 0.25) is 0 Å². The lowest BCUT2D eigenvalue weighted by Gasteiger charge is -2.29. The van der Waals surface area contributed by atoms with Gasteiger partial charge in [0.2, 0.25) is 0 Å². The van der Waals surface area contributed by atoms with Gasteiger partial charge in [0.1, 0.15) is 5.82 Å². The molecule has 0 heterocycles. The topological polar surface area (TPSA) is 15.3 Å². The van der Waals surface area contributed by atoms with Crippen molar-refractivity contribution < 1.29 is 4.39 Å². The van der Waals surface area contributed by atoms with Gasteiger partial charge in [-0.15, -0.1) is 0 Å². The Bertz CT molecular complexity index is 366. The number of hydrogen-bond donors (Lipinski definition) is 1. The first-order valence-corrected chi connectivity index (χ1v) is 7.21. The molecule has 0 fully saturated rings. The average molecular weight is 266 g/mol. The van der Waals surface area contributed by atoms with E-state index in [9.17, 15) is 4.39 Å². The minimum absolute atomic E-state index is 0.110. The molecule has 1 aromatic rings. The van der Waals surface area contributed by atoms with Crippen LogP contribution in [0.5, 0.6) is 0 Å². The van der Waals surface area contributed by atoms with Crippen molar-refractivity contribution >= 4 is 0 Å². The third-order valence-corrected chi connectivity index (χ3v) is 3.38. The molecule has 3 heteroatoms. The molecule has 0 bridgehead atoms. The zero-order valence-corrected chi connectivity index (χ0v) is 12.6. The van der Waals surface area contributed by atoms with Crippen molar-refractivity contribution in [3.8, 4) is 0 Å². The molecule has 19 heavy (non-hydrogen) atoms. The molecule has 1 unspecified atom stereocenters. The molecule has 0 aromatic heterocycles. The molecule has 0 radical (unpaired) electrons. The summed E-state index contributed by atoms with van der Waals surface area (Å²) < 4.78 is 13.7. The molecule has 1 aromatic carbocycles. The van der Waals surface area contributed by atoms with Crippen LogP contribution in [0, 0.1) is 5.82 Å². The maximum atomic E-state index is 13.7. The molecule has 1 rings (SSSR count). The molecule has 0 saturated carbocycles. The van der Waals surface area contributed by atoms with Crippen molar-refractivity contribution in [1.29, 1.82) is 0 Å². The fraction of sp³-hybridized carbons (Fsp3) is 0.625. The average Bonchev–Trinajstić information content (AvgIpc) is 2.37. The number of rotatable bonds is 8. The van der Waals surface area contributed by atoms with Crippen molar-refractivity contribution in [3.05, 3.63) is 35.6 Å². The highest BCUT2D eigenvalue weighted by atomic mass is 19.1. The first kappa shape index (κ1) is 16.1. The first-order chi connectivity index (χ1) is 9.04. The highest BCUT2D eigenvalue weighted by molar-refractivity contribution is 5.17. The summed E-state index contributed by atoms with van der Waals surface area (Å²) in [5, 5.41) is 3.48. The number of nitrogens with one attached hydrogen (secondary N) is 1. The maximum absolute atomic E-state index is 13.7. The number of hydrogen-bond acceptors (Lipinski definition) is 2. The summed E-state index contributed by atoms with van der Waals surface area (Å²) in [5.41, 5.74) is 0.774. The van der Waals surface area contributed by atoms with Gasteiger partial charge in [-0.25, -0.2) is 4.39 Å². The Morgan fingerprint density at radius 2 is 1.95 bits per heavy atom. The summed E-state index contributed by atoms with van der Waals surface area (Å²) in [6.45, 7) is 8.12. The van der Waals surface area contributed by atoms with Crippen LogP contribution in [-0.4, -0.2) is 30.6 Å². The van der Waals surface area contributed by atoms with Gasteiger partial charge in [0.25, 0.3) is 0 Å². The van der Waals surface area contributed by atoms with E-state index in [-0.39, 0.29) is 5.82 Å². The van der Waals surface area contributed by atoms with Gasteiger partial charge >= 0.3 is 0 Å². The Balaban J connectivity index is 2.60. The van der Waals surface area contributed by atoms with E-state index in [2.05, 4.69) is 38.0 Å². The van der Waals surface area contributed by atoms with Crippen LogP contribution >= 0.6 is 0 Å². The highest BCUT2D eigenvalue weighted by Crippen LogP contribution is 2.13. The molecule has 0 aliphatic heterocycles. The second kappa shape index (κ2) is 8.28. The zero-order chi connectivity index (χ0) is 14.3. The summed E-state index contributed by atoms with van der Waals surface area (Å²) in [4.78, 5) is 2.25. The third-order valence-electron chi connectivity index (χ3n) is 3.38. The van der Waals surface area contributed by atoms with Gasteiger partial charge < -0.3 is 5.32 Å². The van der Waals surface area contributed by atoms with Crippen LogP contribution in [0.25, 0.3) is 0 Å². The number of likely N-dealkylation sites (N-methyl/N-ethyl adjacent to an activating group) is 1. The van der Waals surface area contributed by atoms with E-state index in [4.69, 9.17) is 0 Å². The smallest absolute Gasteiger partial charge is 0.127 e. The molecule has 0 saturated heterocycles. The fourth-order valence-electron chi connectivity index (χ4n) is 2.21. The van der Waals surface area contributed by atoms with Crippen LogP contribution in [0.1, 0.15) is 39.2 Å². The molecule has 2 nitrogen and oxygen atoms in total. The van der Waals surface area contributed by atoms with Crippen LogP contribution in [0.4, 0.5) is 4.39 Å². The Hall–Kier alpha value is -0.930. The Kier molecular flexibility index (Phi) is 7.03. The van der Waals surface area contributed by atoms with E-state index in [1.54, 1.807) is 6.07 Å². The molecular weight excluding hydrogens is 239 g/mol. The standard InChI is InChI=1S/C16H27FN2/c1-5-8-15(11-18-13(2)3)19(4)12-14-9-6-7-10-16(14)17/h6-7,9-10,13,15,18H,5,8,11-12H2,1-4H3. The normalized spacial score (nSPS) is 13.2. The summed E-state index contributed by atoms with van der Waals surface area (Å²) in [6.07, 6.45) is 2.27. The minimum atomic E-state index is -0.110. The number of nitrogens with zero attached hydrogens (tertiary/aromatic N) is 1.